The SMILES string of the molecule is CC(C)NC(=O)NC12CC3CC(C)(CC(C)(C3)C1)C2. The molecule has 0 aromatic rings. The van der Waals surface area contributed by atoms with Crippen molar-refractivity contribution in [1.29, 1.82) is 0 Å². The number of urea groups is 1. The van der Waals surface area contributed by atoms with E-state index in [4.69, 9.17) is 0 Å². The molecule has 108 valence electrons. The van der Waals surface area contributed by atoms with Gasteiger partial charge in [0.1, 0.15) is 0 Å². The molecule has 4 fully saturated rings. The lowest BCUT2D eigenvalue weighted by Crippen LogP contribution is -2.66. The van der Waals surface area contributed by atoms with Crippen molar-refractivity contribution in [1.82, 2.24) is 10.6 Å². The number of carbonyl (C=O) groups is 1. The predicted octanol–water partition coefficient (Wildman–Crippen LogP) is 3.44. The lowest BCUT2D eigenvalue weighted by Gasteiger charge is -2.65. The van der Waals surface area contributed by atoms with Gasteiger partial charge in [-0.15, -0.1) is 0 Å². The van der Waals surface area contributed by atoms with Crippen LogP contribution < -0.4 is 10.6 Å². The molecule has 0 heterocycles. The van der Waals surface area contributed by atoms with Gasteiger partial charge in [0.2, 0.25) is 0 Å². The molecule has 0 radical (unpaired) electrons. The molecular formula is C16H28N2O. The van der Waals surface area contributed by atoms with Crippen LogP contribution in [0.1, 0.15) is 66.2 Å². The monoisotopic (exact) mass is 264 g/mol. The Hall–Kier alpha value is -0.730. The Morgan fingerprint density at radius 1 is 1.05 bits per heavy atom. The van der Waals surface area contributed by atoms with E-state index in [9.17, 15) is 4.79 Å². The van der Waals surface area contributed by atoms with E-state index in [2.05, 4.69) is 24.5 Å². The minimum absolute atomic E-state index is 0.0316. The highest BCUT2D eigenvalue weighted by atomic mass is 16.2. The van der Waals surface area contributed by atoms with Crippen molar-refractivity contribution < 1.29 is 4.79 Å². The first-order valence-electron chi connectivity index (χ1n) is 7.80. The van der Waals surface area contributed by atoms with Crippen LogP contribution in [-0.4, -0.2) is 17.6 Å². The summed E-state index contributed by atoms with van der Waals surface area (Å²) in [7, 11) is 0. The number of hydrogen-bond donors (Lipinski definition) is 2. The number of amides is 2. The average Bonchev–Trinajstić information content (AvgIpc) is 2.06. The summed E-state index contributed by atoms with van der Waals surface area (Å²) >= 11 is 0. The van der Waals surface area contributed by atoms with Crippen LogP contribution in [0.4, 0.5) is 4.79 Å². The van der Waals surface area contributed by atoms with E-state index in [0.717, 1.165) is 5.92 Å². The van der Waals surface area contributed by atoms with Crippen LogP contribution in [0.2, 0.25) is 0 Å². The van der Waals surface area contributed by atoms with Gasteiger partial charge in [-0.1, -0.05) is 13.8 Å². The van der Waals surface area contributed by atoms with Crippen molar-refractivity contribution in [3.05, 3.63) is 0 Å². The van der Waals surface area contributed by atoms with Gasteiger partial charge < -0.3 is 10.6 Å². The Balaban J connectivity index is 1.79. The third-order valence-electron chi connectivity index (χ3n) is 5.42. The van der Waals surface area contributed by atoms with Crippen molar-refractivity contribution >= 4 is 6.03 Å². The van der Waals surface area contributed by atoms with Crippen LogP contribution in [0.15, 0.2) is 0 Å². The van der Waals surface area contributed by atoms with Gasteiger partial charge >= 0.3 is 6.03 Å². The van der Waals surface area contributed by atoms with Gasteiger partial charge in [0.05, 0.1) is 0 Å². The Morgan fingerprint density at radius 3 is 2.11 bits per heavy atom. The lowest BCUT2D eigenvalue weighted by molar-refractivity contribution is -0.113. The molecule has 2 unspecified atom stereocenters. The summed E-state index contributed by atoms with van der Waals surface area (Å²) < 4.78 is 0. The summed E-state index contributed by atoms with van der Waals surface area (Å²) in [5, 5.41) is 6.35. The first kappa shape index (κ1) is 13.3. The average molecular weight is 264 g/mol. The largest absolute Gasteiger partial charge is 0.336 e. The molecule has 4 bridgehead atoms. The van der Waals surface area contributed by atoms with Gasteiger partial charge in [-0.3, -0.25) is 0 Å². The van der Waals surface area contributed by atoms with Gasteiger partial charge in [0.15, 0.2) is 0 Å². The minimum atomic E-state index is 0.0316. The van der Waals surface area contributed by atoms with Gasteiger partial charge in [-0.25, -0.2) is 4.79 Å². The van der Waals surface area contributed by atoms with Crippen LogP contribution in [0.25, 0.3) is 0 Å². The van der Waals surface area contributed by atoms with Crippen LogP contribution in [0.3, 0.4) is 0 Å². The quantitative estimate of drug-likeness (QED) is 0.788. The van der Waals surface area contributed by atoms with Crippen LogP contribution >= 0.6 is 0 Å². The summed E-state index contributed by atoms with van der Waals surface area (Å²) in [6.07, 6.45) is 7.65. The smallest absolute Gasteiger partial charge is 0.315 e. The maximum Gasteiger partial charge on any atom is 0.315 e. The second-order valence-corrected chi connectivity index (χ2v) is 8.66. The summed E-state index contributed by atoms with van der Waals surface area (Å²) in [5.74, 6) is 0.825. The van der Waals surface area contributed by atoms with Crippen LogP contribution in [0.5, 0.6) is 0 Å². The van der Waals surface area contributed by atoms with Crippen LogP contribution in [-0.2, 0) is 0 Å². The first-order valence-corrected chi connectivity index (χ1v) is 7.80. The maximum absolute atomic E-state index is 12.1. The minimum Gasteiger partial charge on any atom is -0.336 e. The second kappa shape index (κ2) is 3.89. The molecule has 0 aliphatic heterocycles. The highest BCUT2D eigenvalue weighted by Gasteiger charge is 2.60. The lowest BCUT2D eigenvalue weighted by atomic mass is 9.43. The zero-order valence-electron chi connectivity index (χ0n) is 12.8. The number of carbonyl (C=O) groups excluding carboxylic acids is 1. The van der Waals surface area contributed by atoms with Crippen molar-refractivity contribution in [2.45, 2.75) is 77.8 Å². The fraction of sp³-hybridized carbons (Fsp3) is 0.938. The third kappa shape index (κ3) is 2.36. The molecule has 4 rings (SSSR count). The van der Waals surface area contributed by atoms with Gasteiger partial charge in [-0.05, 0) is 69.1 Å². The van der Waals surface area contributed by atoms with Crippen molar-refractivity contribution in [3.63, 3.8) is 0 Å². The van der Waals surface area contributed by atoms with Crippen molar-refractivity contribution in [2.75, 3.05) is 0 Å². The van der Waals surface area contributed by atoms with Crippen molar-refractivity contribution in [2.24, 2.45) is 16.7 Å². The Morgan fingerprint density at radius 2 is 1.63 bits per heavy atom. The molecule has 0 saturated heterocycles. The summed E-state index contributed by atoms with van der Waals surface area (Å²) in [6, 6.07) is 0.240. The molecule has 2 atom stereocenters. The molecule has 0 aromatic heterocycles. The van der Waals surface area contributed by atoms with Gasteiger partial charge in [0, 0.05) is 11.6 Å². The standard InChI is InChI=1S/C16H28N2O/c1-11(2)17-13(19)18-16-7-12-5-14(3,9-16)8-15(4,6-12)10-16/h11-12H,5-10H2,1-4H3,(H2,17,18,19). The molecule has 3 heteroatoms. The molecular weight excluding hydrogens is 236 g/mol. The fourth-order valence-corrected chi connectivity index (χ4v) is 6.13. The number of rotatable bonds is 2. The zero-order chi connectivity index (χ0) is 13.9. The topological polar surface area (TPSA) is 41.1 Å². The van der Waals surface area contributed by atoms with Gasteiger partial charge in [0.25, 0.3) is 0 Å². The highest BCUT2D eigenvalue weighted by Crippen LogP contribution is 2.66. The molecule has 4 aliphatic carbocycles. The normalized spacial score (nSPS) is 47.5. The summed E-state index contributed by atoms with van der Waals surface area (Å²) in [4.78, 5) is 12.1. The Labute approximate surface area is 116 Å². The van der Waals surface area contributed by atoms with Crippen LogP contribution in [0, 0.1) is 16.7 Å². The van der Waals surface area contributed by atoms with E-state index in [0.29, 0.717) is 10.8 Å². The van der Waals surface area contributed by atoms with E-state index in [-0.39, 0.29) is 17.6 Å². The number of hydrogen-bond acceptors (Lipinski definition) is 1. The molecule has 3 nitrogen and oxygen atoms in total. The number of nitrogens with one attached hydrogen (secondary N) is 2. The zero-order valence-corrected chi connectivity index (χ0v) is 12.8. The van der Waals surface area contributed by atoms with Crippen molar-refractivity contribution in [3.8, 4) is 0 Å². The summed E-state index contributed by atoms with van der Waals surface area (Å²) in [5.41, 5.74) is 0.987. The first-order chi connectivity index (χ1) is 8.72. The molecule has 4 aliphatic rings. The van der Waals surface area contributed by atoms with E-state index in [1.54, 1.807) is 0 Å². The molecule has 2 N–H and O–H groups in total. The molecule has 4 saturated carbocycles. The van der Waals surface area contributed by atoms with E-state index in [1.807, 2.05) is 13.8 Å². The Bertz CT molecular complexity index is 386. The maximum atomic E-state index is 12.1. The van der Waals surface area contributed by atoms with Gasteiger partial charge in [-0.2, -0.15) is 0 Å². The molecule has 0 spiro atoms. The third-order valence-corrected chi connectivity index (χ3v) is 5.42. The van der Waals surface area contributed by atoms with E-state index < -0.39 is 0 Å². The molecule has 19 heavy (non-hydrogen) atoms. The second-order valence-electron chi connectivity index (χ2n) is 8.66. The van der Waals surface area contributed by atoms with E-state index in [1.165, 1.54) is 38.5 Å². The predicted molar refractivity (Wildman–Crippen MR) is 76.9 cm³/mol. The molecule has 0 aromatic carbocycles. The highest BCUT2D eigenvalue weighted by molar-refractivity contribution is 5.75. The molecule has 2 amide bonds. The fourth-order valence-electron chi connectivity index (χ4n) is 6.13. The summed E-state index contributed by atoms with van der Waals surface area (Å²) in [6.45, 7) is 8.91. The Kier molecular flexibility index (Phi) is 2.72. The van der Waals surface area contributed by atoms with E-state index >= 15 is 0 Å².